The van der Waals surface area contributed by atoms with Crippen LogP contribution in [0.3, 0.4) is 0 Å². The predicted octanol–water partition coefficient (Wildman–Crippen LogP) is 3.67. The summed E-state index contributed by atoms with van der Waals surface area (Å²) < 4.78 is 6.01. The number of nitrogens with zero attached hydrogens (tertiary/aromatic N) is 1. The third-order valence-corrected chi connectivity index (χ3v) is 5.84. The summed E-state index contributed by atoms with van der Waals surface area (Å²) in [5.74, 6) is -1.11. The SMILES string of the molecule is Cc1c2c(cc3c1N(Cc1cccc(Cl)c1)CCO3)CCNCC2.O=C(O)CCC(=O)O. The molecule has 3 N–H and O–H groups in total. The summed E-state index contributed by atoms with van der Waals surface area (Å²) in [6.45, 7) is 6.89. The van der Waals surface area contributed by atoms with Gasteiger partial charge in [0, 0.05) is 11.6 Å². The van der Waals surface area contributed by atoms with Crippen LogP contribution in [0.2, 0.25) is 5.02 Å². The minimum Gasteiger partial charge on any atom is -0.490 e. The smallest absolute Gasteiger partial charge is 0.303 e. The minimum absolute atomic E-state index is 0.296. The van der Waals surface area contributed by atoms with E-state index in [1.165, 1.54) is 27.9 Å². The lowest BCUT2D eigenvalue weighted by Gasteiger charge is -2.34. The molecule has 0 aliphatic carbocycles. The molecule has 0 saturated heterocycles. The summed E-state index contributed by atoms with van der Waals surface area (Å²) >= 11 is 6.16. The second-order valence-corrected chi connectivity index (χ2v) is 8.36. The topological polar surface area (TPSA) is 99.1 Å². The first kappa shape index (κ1) is 23.9. The van der Waals surface area contributed by atoms with E-state index >= 15 is 0 Å². The van der Waals surface area contributed by atoms with E-state index in [0.29, 0.717) is 0 Å². The molecule has 0 fully saturated rings. The average molecular weight is 461 g/mol. The van der Waals surface area contributed by atoms with Gasteiger partial charge in [0.2, 0.25) is 0 Å². The van der Waals surface area contributed by atoms with Gasteiger partial charge in [-0.05, 0) is 73.3 Å². The van der Waals surface area contributed by atoms with Gasteiger partial charge < -0.3 is 25.2 Å². The third-order valence-electron chi connectivity index (χ3n) is 5.61. The maximum Gasteiger partial charge on any atom is 0.303 e. The number of ether oxygens (including phenoxy) is 1. The van der Waals surface area contributed by atoms with Crippen molar-refractivity contribution >= 4 is 29.2 Å². The van der Waals surface area contributed by atoms with Gasteiger partial charge in [0.05, 0.1) is 25.1 Å². The van der Waals surface area contributed by atoms with Crippen molar-refractivity contribution in [2.45, 2.75) is 39.2 Å². The lowest BCUT2D eigenvalue weighted by atomic mass is 9.94. The number of hydrogen-bond donors (Lipinski definition) is 3. The van der Waals surface area contributed by atoms with Gasteiger partial charge in [-0.25, -0.2) is 0 Å². The van der Waals surface area contributed by atoms with Crippen molar-refractivity contribution in [3.63, 3.8) is 0 Å². The fourth-order valence-electron chi connectivity index (χ4n) is 4.12. The van der Waals surface area contributed by atoms with Crippen LogP contribution in [-0.4, -0.2) is 48.4 Å². The quantitative estimate of drug-likeness (QED) is 0.626. The standard InChI is InChI=1S/C20H23ClN2O.C4H6O4/c1-14-18-6-8-22-7-5-16(18)12-19-20(14)23(9-10-24-19)13-15-3-2-4-17(21)11-15;5-3(6)1-2-4(7)8/h2-4,11-12,22H,5-10,13H2,1H3;1-2H2,(H,5,6)(H,7,8). The zero-order valence-electron chi connectivity index (χ0n) is 18.2. The number of nitrogens with one attached hydrogen (secondary N) is 1. The first-order chi connectivity index (χ1) is 15.3. The molecule has 0 bridgehead atoms. The van der Waals surface area contributed by atoms with Crippen LogP contribution < -0.4 is 15.0 Å². The Morgan fingerprint density at radius 1 is 1.12 bits per heavy atom. The maximum atomic E-state index is 9.64. The Hall–Kier alpha value is -2.77. The van der Waals surface area contributed by atoms with Crippen molar-refractivity contribution in [2.24, 2.45) is 0 Å². The number of anilines is 1. The van der Waals surface area contributed by atoms with Gasteiger partial charge in [0.1, 0.15) is 12.4 Å². The molecule has 7 nitrogen and oxygen atoms in total. The van der Waals surface area contributed by atoms with E-state index in [0.717, 1.165) is 56.4 Å². The number of carbonyl (C=O) groups is 2. The van der Waals surface area contributed by atoms with Crippen LogP contribution in [-0.2, 0) is 29.0 Å². The van der Waals surface area contributed by atoms with Crippen LogP contribution in [0.15, 0.2) is 30.3 Å². The molecule has 0 radical (unpaired) electrons. The number of fused-ring (bicyclic) bond motifs is 2. The van der Waals surface area contributed by atoms with E-state index in [4.69, 9.17) is 26.6 Å². The fraction of sp³-hybridized carbons (Fsp3) is 0.417. The van der Waals surface area contributed by atoms with Gasteiger partial charge in [0.25, 0.3) is 0 Å². The molecular weight excluding hydrogens is 432 g/mol. The molecule has 2 aliphatic rings. The van der Waals surface area contributed by atoms with Crippen molar-refractivity contribution in [2.75, 3.05) is 31.1 Å². The number of aliphatic carboxylic acids is 2. The molecule has 2 aromatic carbocycles. The molecule has 32 heavy (non-hydrogen) atoms. The summed E-state index contributed by atoms with van der Waals surface area (Å²) in [5, 5.41) is 20.1. The molecule has 0 unspecified atom stereocenters. The molecule has 2 aliphatic heterocycles. The van der Waals surface area contributed by atoms with E-state index in [1.807, 2.05) is 12.1 Å². The number of carboxylic acids is 2. The zero-order valence-corrected chi connectivity index (χ0v) is 19.0. The predicted molar refractivity (Wildman–Crippen MR) is 124 cm³/mol. The van der Waals surface area contributed by atoms with Gasteiger partial charge in [-0.15, -0.1) is 0 Å². The van der Waals surface area contributed by atoms with Crippen molar-refractivity contribution in [1.29, 1.82) is 0 Å². The van der Waals surface area contributed by atoms with Crippen molar-refractivity contribution in [3.8, 4) is 5.75 Å². The Morgan fingerprint density at radius 2 is 1.84 bits per heavy atom. The second kappa shape index (κ2) is 11.2. The van der Waals surface area contributed by atoms with Crippen LogP contribution in [0.4, 0.5) is 5.69 Å². The van der Waals surface area contributed by atoms with E-state index in [9.17, 15) is 9.59 Å². The van der Waals surface area contributed by atoms with Crippen molar-refractivity contribution < 1.29 is 24.5 Å². The molecular formula is C24H29ClN2O5. The number of benzene rings is 2. The Bertz CT molecular complexity index is 965. The highest BCUT2D eigenvalue weighted by molar-refractivity contribution is 6.30. The van der Waals surface area contributed by atoms with E-state index in [-0.39, 0.29) is 12.8 Å². The minimum atomic E-state index is -1.08. The van der Waals surface area contributed by atoms with Crippen molar-refractivity contribution in [1.82, 2.24) is 5.32 Å². The van der Waals surface area contributed by atoms with Gasteiger partial charge >= 0.3 is 11.9 Å². The van der Waals surface area contributed by atoms with E-state index < -0.39 is 11.9 Å². The largest absolute Gasteiger partial charge is 0.490 e. The maximum absolute atomic E-state index is 9.64. The normalized spacial score (nSPS) is 14.8. The summed E-state index contributed by atoms with van der Waals surface area (Å²) in [7, 11) is 0. The monoisotopic (exact) mass is 460 g/mol. The lowest BCUT2D eigenvalue weighted by molar-refractivity contribution is -0.143. The highest BCUT2D eigenvalue weighted by atomic mass is 35.5. The molecule has 0 aromatic heterocycles. The Balaban J connectivity index is 0.000000312. The zero-order chi connectivity index (χ0) is 23.1. The molecule has 2 heterocycles. The lowest BCUT2D eigenvalue weighted by Crippen LogP contribution is -2.33. The van der Waals surface area contributed by atoms with Crippen molar-refractivity contribution in [3.05, 3.63) is 57.6 Å². The van der Waals surface area contributed by atoms with Gasteiger partial charge in [-0.3, -0.25) is 9.59 Å². The average Bonchev–Trinajstić information content (AvgIpc) is 2.99. The van der Waals surface area contributed by atoms with Gasteiger partial charge in [0.15, 0.2) is 0 Å². The molecule has 2 aromatic rings. The van der Waals surface area contributed by atoms with E-state index in [1.54, 1.807) is 0 Å². The van der Waals surface area contributed by atoms with Crippen LogP contribution in [0.5, 0.6) is 5.75 Å². The van der Waals surface area contributed by atoms with Crippen LogP contribution in [0.25, 0.3) is 0 Å². The fourth-order valence-corrected chi connectivity index (χ4v) is 4.34. The van der Waals surface area contributed by atoms with Gasteiger partial charge in [-0.1, -0.05) is 23.7 Å². The molecule has 0 spiro atoms. The molecule has 0 amide bonds. The van der Waals surface area contributed by atoms with E-state index in [2.05, 4.69) is 35.3 Å². The highest BCUT2D eigenvalue weighted by Crippen LogP contribution is 2.40. The molecule has 172 valence electrons. The van der Waals surface area contributed by atoms with Crippen LogP contribution >= 0.6 is 11.6 Å². The Labute approximate surface area is 192 Å². The number of halogens is 1. The summed E-state index contributed by atoms with van der Waals surface area (Å²) in [4.78, 5) is 21.7. The summed E-state index contributed by atoms with van der Waals surface area (Å²) in [6.07, 6.45) is 1.59. The summed E-state index contributed by atoms with van der Waals surface area (Å²) in [6, 6.07) is 10.4. The number of rotatable bonds is 5. The second-order valence-electron chi connectivity index (χ2n) is 7.92. The molecule has 0 saturated carbocycles. The first-order valence-corrected chi connectivity index (χ1v) is 11.1. The summed E-state index contributed by atoms with van der Waals surface area (Å²) in [5.41, 5.74) is 6.84. The van der Waals surface area contributed by atoms with Crippen LogP contribution in [0.1, 0.15) is 35.1 Å². The molecule has 8 heteroatoms. The Morgan fingerprint density at radius 3 is 2.53 bits per heavy atom. The van der Waals surface area contributed by atoms with Crippen LogP contribution in [0, 0.1) is 6.92 Å². The highest BCUT2D eigenvalue weighted by Gasteiger charge is 2.25. The number of carboxylic acid groups (broad SMARTS) is 2. The molecule has 0 atom stereocenters. The van der Waals surface area contributed by atoms with Gasteiger partial charge in [-0.2, -0.15) is 0 Å². The Kier molecular flexibility index (Phi) is 8.36. The first-order valence-electron chi connectivity index (χ1n) is 10.8. The third kappa shape index (κ3) is 6.37. The number of hydrogen-bond acceptors (Lipinski definition) is 5. The molecule has 4 rings (SSSR count).